The number of hydrogen-bond acceptors (Lipinski definition) is 2. The SMILES string of the molecule is CCCCCC/C=C/c1ccc([C@H]2CCN[C@@H]2CO)cc1.Cl. The molecule has 0 radical (unpaired) electrons. The molecule has 1 aliphatic heterocycles. The molecule has 0 amide bonds. The summed E-state index contributed by atoms with van der Waals surface area (Å²) in [5.74, 6) is 0.460. The first-order valence-corrected chi connectivity index (χ1v) is 8.46. The summed E-state index contributed by atoms with van der Waals surface area (Å²) in [5.41, 5.74) is 2.62. The van der Waals surface area contributed by atoms with Crippen LogP contribution in [0.1, 0.15) is 62.5 Å². The Kier molecular flexibility index (Phi) is 9.45. The zero-order chi connectivity index (χ0) is 14.9. The molecule has 1 aliphatic rings. The first-order chi connectivity index (χ1) is 10.3. The van der Waals surface area contributed by atoms with Crippen LogP contribution in [0, 0.1) is 0 Å². The van der Waals surface area contributed by atoms with Gasteiger partial charge in [-0.05, 0) is 36.9 Å². The highest BCUT2D eigenvalue weighted by Crippen LogP contribution is 2.27. The average Bonchev–Trinajstić information content (AvgIpc) is 3.00. The van der Waals surface area contributed by atoms with Gasteiger partial charge in [0.05, 0.1) is 6.61 Å². The Morgan fingerprint density at radius 1 is 1.18 bits per heavy atom. The molecule has 0 saturated carbocycles. The van der Waals surface area contributed by atoms with E-state index in [1.807, 2.05) is 0 Å². The van der Waals surface area contributed by atoms with E-state index in [1.54, 1.807) is 0 Å². The van der Waals surface area contributed by atoms with E-state index in [-0.39, 0.29) is 25.1 Å². The topological polar surface area (TPSA) is 32.3 Å². The Morgan fingerprint density at radius 3 is 2.64 bits per heavy atom. The molecule has 1 aromatic rings. The first-order valence-electron chi connectivity index (χ1n) is 8.46. The summed E-state index contributed by atoms with van der Waals surface area (Å²) in [7, 11) is 0. The highest BCUT2D eigenvalue weighted by molar-refractivity contribution is 5.85. The van der Waals surface area contributed by atoms with Crippen molar-refractivity contribution in [2.24, 2.45) is 0 Å². The number of hydrogen-bond donors (Lipinski definition) is 2. The van der Waals surface area contributed by atoms with Crippen LogP contribution >= 0.6 is 12.4 Å². The largest absolute Gasteiger partial charge is 0.395 e. The molecule has 1 aromatic carbocycles. The lowest BCUT2D eigenvalue weighted by atomic mass is 9.91. The molecule has 22 heavy (non-hydrogen) atoms. The molecule has 1 saturated heterocycles. The van der Waals surface area contributed by atoms with Crippen LogP contribution in [0.5, 0.6) is 0 Å². The van der Waals surface area contributed by atoms with Gasteiger partial charge in [-0.15, -0.1) is 12.4 Å². The molecule has 0 aromatic heterocycles. The Morgan fingerprint density at radius 2 is 1.95 bits per heavy atom. The van der Waals surface area contributed by atoms with Gasteiger partial charge in [0.15, 0.2) is 0 Å². The van der Waals surface area contributed by atoms with E-state index in [4.69, 9.17) is 0 Å². The Balaban J connectivity index is 0.00000242. The molecule has 1 fully saturated rings. The van der Waals surface area contributed by atoms with E-state index < -0.39 is 0 Å². The highest BCUT2D eigenvalue weighted by atomic mass is 35.5. The Labute approximate surface area is 141 Å². The Bertz CT molecular complexity index is 430. The third-order valence-corrected chi connectivity index (χ3v) is 4.44. The van der Waals surface area contributed by atoms with Crippen molar-refractivity contribution in [3.8, 4) is 0 Å². The van der Waals surface area contributed by atoms with Crippen molar-refractivity contribution in [1.82, 2.24) is 5.32 Å². The van der Waals surface area contributed by atoms with Crippen LogP contribution in [-0.4, -0.2) is 24.3 Å². The van der Waals surface area contributed by atoms with Crippen LogP contribution in [0.2, 0.25) is 0 Å². The van der Waals surface area contributed by atoms with E-state index in [9.17, 15) is 5.11 Å². The minimum Gasteiger partial charge on any atom is -0.395 e. The number of rotatable bonds is 8. The third kappa shape index (κ3) is 5.75. The summed E-state index contributed by atoms with van der Waals surface area (Å²) in [6.45, 7) is 3.48. The van der Waals surface area contributed by atoms with Crippen LogP contribution in [-0.2, 0) is 0 Å². The van der Waals surface area contributed by atoms with E-state index in [1.165, 1.54) is 43.2 Å². The fraction of sp³-hybridized carbons (Fsp3) is 0.579. The zero-order valence-electron chi connectivity index (χ0n) is 13.6. The van der Waals surface area contributed by atoms with Gasteiger partial charge in [0.2, 0.25) is 0 Å². The second-order valence-electron chi connectivity index (χ2n) is 6.06. The smallest absolute Gasteiger partial charge is 0.0590 e. The molecule has 0 spiro atoms. The molecule has 2 nitrogen and oxygen atoms in total. The van der Waals surface area contributed by atoms with Crippen LogP contribution in [0.25, 0.3) is 6.08 Å². The van der Waals surface area contributed by atoms with Crippen molar-refractivity contribution < 1.29 is 5.11 Å². The maximum Gasteiger partial charge on any atom is 0.0590 e. The number of halogens is 1. The van der Waals surface area contributed by atoms with E-state index in [0.29, 0.717) is 5.92 Å². The quantitative estimate of drug-likeness (QED) is 0.689. The minimum absolute atomic E-state index is 0. The van der Waals surface area contributed by atoms with Gasteiger partial charge in [0, 0.05) is 12.0 Å². The molecule has 2 rings (SSSR count). The fourth-order valence-corrected chi connectivity index (χ4v) is 3.12. The Hall–Kier alpha value is -0.830. The number of aliphatic hydroxyl groups is 1. The third-order valence-electron chi connectivity index (χ3n) is 4.44. The van der Waals surface area contributed by atoms with Gasteiger partial charge in [-0.25, -0.2) is 0 Å². The lowest BCUT2D eigenvalue weighted by Gasteiger charge is -2.17. The molecule has 3 heteroatoms. The summed E-state index contributed by atoms with van der Waals surface area (Å²) in [6, 6.07) is 9.06. The van der Waals surface area contributed by atoms with Gasteiger partial charge >= 0.3 is 0 Å². The van der Waals surface area contributed by atoms with E-state index >= 15 is 0 Å². The number of benzene rings is 1. The molecule has 1 heterocycles. The van der Waals surface area contributed by atoms with Crippen molar-refractivity contribution in [2.75, 3.05) is 13.2 Å². The van der Waals surface area contributed by atoms with Crippen molar-refractivity contribution in [3.05, 3.63) is 41.5 Å². The molecule has 0 bridgehead atoms. The molecule has 0 unspecified atom stereocenters. The van der Waals surface area contributed by atoms with Crippen LogP contribution in [0.3, 0.4) is 0 Å². The summed E-state index contributed by atoms with van der Waals surface area (Å²) in [5, 5.41) is 12.7. The van der Waals surface area contributed by atoms with Gasteiger partial charge < -0.3 is 10.4 Å². The normalized spacial score (nSPS) is 21.2. The van der Waals surface area contributed by atoms with E-state index in [0.717, 1.165) is 13.0 Å². The summed E-state index contributed by atoms with van der Waals surface area (Å²) in [4.78, 5) is 0. The summed E-state index contributed by atoms with van der Waals surface area (Å²) in [6.07, 6.45) is 12.1. The lowest BCUT2D eigenvalue weighted by Crippen LogP contribution is -2.29. The minimum atomic E-state index is 0. The van der Waals surface area contributed by atoms with Gasteiger partial charge in [0.1, 0.15) is 0 Å². The van der Waals surface area contributed by atoms with Gasteiger partial charge in [0.25, 0.3) is 0 Å². The van der Waals surface area contributed by atoms with Crippen molar-refractivity contribution in [1.29, 1.82) is 0 Å². The van der Waals surface area contributed by atoms with Gasteiger partial charge in [-0.1, -0.05) is 62.6 Å². The number of nitrogens with one attached hydrogen (secondary N) is 1. The molecule has 0 aliphatic carbocycles. The van der Waals surface area contributed by atoms with E-state index in [2.05, 4.69) is 48.7 Å². The van der Waals surface area contributed by atoms with Crippen molar-refractivity contribution in [3.63, 3.8) is 0 Å². The van der Waals surface area contributed by atoms with Crippen LogP contribution < -0.4 is 5.32 Å². The zero-order valence-corrected chi connectivity index (χ0v) is 14.4. The first kappa shape index (κ1) is 19.2. The maximum absolute atomic E-state index is 9.38. The molecular formula is C19H30ClNO. The predicted molar refractivity (Wildman–Crippen MR) is 97.7 cm³/mol. The van der Waals surface area contributed by atoms with Gasteiger partial charge in [-0.3, -0.25) is 0 Å². The van der Waals surface area contributed by atoms with Crippen molar-refractivity contribution >= 4 is 18.5 Å². The fourth-order valence-electron chi connectivity index (χ4n) is 3.12. The second-order valence-corrected chi connectivity index (χ2v) is 6.06. The van der Waals surface area contributed by atoms with Crippen LogP contribution in [0.15, 0.2) is 30.3 Å². The predicted octanol–water partition coefficient (Wildman–Crippen LogP) is 4.53. The molecule has 2 atom stereocenters. The highest BCUT2D eigenvalue weighted by Gasteiger charge is 2.27. The van der Waals surface area contributed by atoms with Crippen LogP contribution in [0.4, 0.5) is 0 Å². The monoisotopic (exact) mass is 323 g/mol. The molecule has 2 N–H and O–H groups in total. The van der Waals surface area contributed by atoms with Crippen molar-refractivity contribution in [2.45, 2.75) is 57.4 Å². The number of allylic oxidation sites excluding steroid dienone is 1. The molecule has 124 valence electrons. The lowest BCUT2D eigenvalue weighted by molar-refractivity contribution is 0.245. The number of aliphatic hydroxyl groups excluding tert-OH is 1. The average molecular weight is 324 g/mol. The number of unbranched alkanes of at least 4 members (excludes halogenated alkanes) is 4. The summed E-state index contributed by atoms with van der Waals surface area (Å²) >= 11 is 0. The molecular weight excluding hydrogens is 294 g/mol. The second kappa shape index (κ2) is 10.8. The summed E-state index contributed by atoms with van der Waals surface area (Å²) < 4.78 is 0. The maximum atomic E-state index is 9.38. The van der Waals surface area contributed by atoms with Gasteiger partial charge in [-0.2, -0.15) is 0 Å². The standard InChI is InChI=1S/C19H29NO.ClH/c1-2-3-4-5-6-7-8-16-9-11-17(12-10-16)18-13-14-20-19(18)15-21;/h7-12,18-21H,2-6,13-15H2,1H3;1H/b8-7+;/t18-,19-;/m1./s1.